The summed E-state index contributed by atoms with van der Waals surface area (Å²) < 4.78 is 5.23. The molecule has 1 atom stereocenters. The van der Waals surface area contributed by atoms with Crippen LogP contribution < -0.4 is 10.1 Å². The van der Waals surface area contributed by atoms with Gasteiger partial charge in [-0.1, -0.05) is 48.5 Å². The molecule has 3 rings (SSSR count). The van der Waals surface area contributed by atoms with Gasteiger partial charge < -0.3 is 10.1 Å². The second-order valence-electron chi connectivity index (χ2n) is 6.02. The Morgan fingerprint density at radius 1 is 1.04 bits per heavy atom. The fourth-order valence-corrected chi connectivity index (χ4v) is 2.84. The van der Waals surface area contributed by atoms with Crippen LogP contribution >= 0.6 is 0 Å². The van der Waals surface area contributed by atoms with Crippen molar-refractivity contribution in [2.45, 2.75) is 18.9 Å². The van der Waals surface area contributed by atoms with Crippen LogP contribution in [0, 0.1) is 0 Å². The molecule has 1 unspecified atom stereocenters. The van der Waals surface area contributed by atoms with Crippen LogP contribution in [0.25, 0.3) is 0 Å². The van der Waals surface area contributed by atoms with Crippen LogP contribution in [0.5, 0.6) is 5.75 Å². The number of nitrogens with one attached hydrogen (secondary N) is 1. The number of carbonyl (C=O) groups excluding carboxylic acids is 1. The van der Waals surface area contributed by atoms with E-state index in [1.807, 2.05) is 72.8 Å². The fourth-order valence-electron chi connectivity index (χ4n) is 2.84. The lowest BCUT2D eigenvalue weighted by atomic mass is 10.0. The highest BCUT2D eigenvalue weighted by Gasteiger charge is 2.17. The minimum atomic E-state index is -0.254. The van der Waals surface area contributed by atoms with Gasteiger partial charge in [-0.25, -0.2) is 0 Å². The van der Waals surface area contributed by atoms with Gasteiger partial charge in [-0.2, -0.15) is 0 Å². The minimum Gasteiger partial charge on any atom is -0.497 e. The SMILES string of the molecule is COc1cccc(CCC(=O)NC(c2ccccc2)c2ccccn2)c1. The van der Waals surface area contributed by atoms with Crippen molar-refractivity contribution in [2.75, 3.05) is 7.11 Å². The van der Waals surface area contributed by atoms with E-state index in [4.69, 9.17) is 4.74 Å². The third kappa shape index (κ3) is 4.70. The van der Waals surface area contributed by atoms with Crippen LogP contribution in [0.3, 0.4) is 0 Å². The number of benzene rings is 2. The zero-order valence-corrected chi connectivity index (χ0v) is 14.8. The van der Waals surface area contributed by atoms with E-state index in [-0.39, 0.29) is 11.9 Å². The standard InChI is InChI=1S/C22H22N2O2/c1-26-19-11-7-8-17(16-19)13-14-21(25)24-22(18-9-3-2-4-10-18)20-12-5-6-15-23-20/h2-12,15-16,22H,13-14H2,1H3,(H,24,25). The van der Waals surface area contributed by atoms with Crippen LogP contribution in [-0.4, -0.2) is 18.0 Å². The van der Waals surface area contributed by atoms with Crippen LogP contribution in [0.2, 0.25) is 0 Å². The van der Waals surface area contributed by atoms with Crippen molar-refractivity contribution < 1.29 is 9.53 Å². The minimum absolute atomic E-state index is 0.00711. The number of aryl methyl sites for hydroxylation is 1. The van der Waals surface area contributed by atoms with E-state index in [1.54, 1.807) is 13.3 Å². The average molecular weight is 346 g/mol. The molecule has 1 heterocycles. The third-order valence-electron chi connectivity index (χ3n) is 4.20. The molecule has 0 aliphatic carbocycles. The largest absolute Gasteiger partial charge is 0.497 e. The van der Waals surface area contributed by atoms with Crippen molar-refractivity contribution in [3.8, 4) is 5.75 Å². The number of amides is 1. The number of ether oxygens (including phenoxy) is 1. The van der Waals surface area contributed by atoms with E-state index in [0.717, 1.165) is 22.6 Å². The Morgan fingerprint density at radius 3 is 2.58 bits per heavy atom. The molecule has 0 bridgehead atoms. The van der Waals surface area contributed by atoms with Crippen molar-refractivity contribution >= 4 is 5.91 Å². The molecule has 1 aromatic heterocycles. The monoisotopic (exact) mass is 346 g/mol. The molecule has 132 valence electrons. The molecule has 2 aromatic carbocycles. The maximum atomic E-state index is 12.6. The van der Waals surface area contributed by atoms with Crippen molar-refractivity contribution in [1.82, 2.24) is 10.3 Å². The van der Waals surface area contributed by atoms with Gasteiger partial charge in [0.2, 0.25) is 5.91 Å². The van der Waals surface area contributed by atoms with Crippen molar-refractivity contribution in [3.05, 3.63) is 95.8 Å². The Morgan fingerprint density at radius 2 is 1.85 bits per heavy atom. The van der Waals surface area contributed by atoms with E-state index in [0.29, 0.717) is 12.8 Å². The van der Waals surface area contributed by atoms with Gasteiger partial charge in [0, 0.05) is 12.6 Å². The summed E-state index contributed by atoms with van der Waals surface area (Å²) in [7, 11) is 1.64. The third-order valence-corrected chi connectivity index (χ3v) is 4.20. The predicted molar refractivity (Wildman–Crippen MR) is 102 cm³/mol. The van der Waals surface area contributed by atoms with Gasteiger partial charge >= 0.3 is 0 Å². The lowest BCUT2D eigenvalue weighted by Crippen LogP contribution is -2.30. The van der Waals surface area contributed by atoms with Gasteiger partial charge in [0.25, 0.3) is 0 Å². The second-order valence-corrected chi connectivity index (χ2v) is 6.02. The topological polar surface area (TPSA) is 51.2 Å². The molecular weight excluding hydrogens is 324 g/mol. The number of aromatic nitrogens is 1. The normalized spacial score (nSPS) is 11.6. The second kappa shape index (κ2) is 8.81. The smallest absolute Gasteiger partial charge is 0.221 e. The number of rotatable bonds is 7. The molecule has 26 heavy (non-hydrogen) atoms. The summed E-state index contributed by atoms with van der Waals surface area (Å²) in [6, 6.07) is 23.2. The van der Waals surface area contributed by atoms with Gasteiger partial charge in [-0.3, -0.25) is 9.78 Å². The zero-order valence-electron chi connectivity index (χ0n) is 14.8. The maximum Gasteiger partial charge on any atom is 0.221 e. The molecule has 1 N–H and O–H groups in total. The first-order valence-electron chi connectivity index (χ1n) is 8.64. The van der Waals surface area contributed by atoms with Gasteiger partial charge in [0.1, 0.15) is 5.75 Å². The van der Waals surface area contributed by atoms with Gasteiger partial charge in [0.15, 0.2) is 0 Å². The quantitative estimate of drug-likeness (QED) is 0.705. The van der Waals surface area contributed by atoms with E-state index < -0.39 is 0 Å². The van der Waals surface area contributed by atoms with Crippen molar-refractivity contribution in [2.24, 2.45) is 0 Å². The summed E-state index contributed by atoms with van der Waals surface area (Å²) in [5.41, 5.74) is 2.92. The van der Waals surface area contributed by atoms with Crippen molar-refractivity contribution in [1.29, 1.82) is 0 Å². The van der Waals surface area contributed by atoms with Gasteiger partial charge in [0.05, 0.1) is 18.8 Å². The first-order chi connectivity index (χ1) is 12.8. The molecule has 0 aliphatic rings. The number of hydrogen-bond donors (Lipinski definition) is 1. The molecule has 0 saturated heterocycles. The Hall–Kier alpha value is -3.14. The first-order valence-corrected chi connectivity index (χ1v) is 8.64. The Labute approximate surface area is 153 Å². The summed E-state index contributed by atoms with van der Waals surface area (Å²) >= 11 is 0. The molecule has 0 saturated carbocycles. The maximum absolute atomic E-state index is 12.6. The summed E-state index contributed by atoms with van der Waals surface area (Å²) in [4.78, 5) is 17.0. The molecular formula is C22H22N2O2. The van der Waals surface area contributed by atoms with E-state index >= 15 is 0 Å². The van der Waals surface area contributed by atoms with Crippen LogP contribution in [0.15, 0.2) is 79.0 Å². The van der Waals surface area contributed by atoms with E-state index in [1.165, 1.54) is 0 Å². The molecule has 0 aliphatic heterocycles. The molecule has 1 amide bonds. The predicted octanol–water partition coefficient (Wildman–Crippen LogP) is 3.93. The number of nitrogens with zero attached hydrogens (tertiary/aromatic N) is 1. The van der Waals surface area contributed by atoms with Crippen LogP contribution in [-0.2, 0) is 11.2 Å². The molecule has 0 spiro atoms. The summed E-state index contributed by atoms with van der Waals surface area (Å²) in [6.45, 7) is 0. The van der Waals surface area contributed by atoms with Gasteiger partial charge in [-0.05, 0) is 41.8 Å². The van der Waals surface area contributed by atoms with Crippen molar-refractivity contribution in [3.63, 3.8) is 0 Å². The highest BCUT2D eigenvalue weighted by molar-refractivity contribution is 5.77. The lowest BCUT2D eigenvalue weighted by molar-refractivity contribution is -0.121. The lowest BCUT2D eigenvalue weighted by Gasteiger charge is -2.19. The van der Waals surface area contributed by atoms with Crippen LogP contribution in [0.1, 0.15) is 29.3 Å². The fraction of sp³-hybridized carbons (Fsp3) is 0.182. The molecule has 4 heteroatoms. The van der Waals surface area contributed by atoms with Gasteiger partial charge in [-0.15, -0.1) is 0 Å². The molecule has 0 radical (unpaired) electrons. The Bertz CT molecular complexity index is 796. The van der Waals surface area contributed by atoms with E-state index in [2.05, 4.69) is 10.3 Å². The average Bonchev–Trinajstić information content (AvgIpc) is 2.72. The zero-order chi connectivity index (χ0) is 18.2. The number of methoxy groups -OCH3 is 1. The number of hydrogen-bond acceptors (Lipinski definition) is 3. The summed E-state index contributed by atoms with van der Waals surface area (Å²) in [6.07, 6.45) is 2.81. The first kappa shape index (κ1) is 17.7. The Balaban J connectivity index is 1.69. The molecule has 3 aromatic rings. The summed E-state index contributed by atoms with van der Waals surface area (Å²) in [5.74, 6) is 0.797. The highest BCUT2D eigenvalue weighted by atomic mass is 16.5. The number of pyridine rings is 1. The highest BCUT2D eigenvalue weighted by Crippen LogP contribution is 2.20. The molecule has 0 fully saturated rings. The Kier molecular flexibility index (Phi) is 5.99. The van der Waals surface area contributed by atoms with E-state index in [9.17, 15) is 4.79 Å². The number of carbonyl (C=O) groups is 1. The van der Waals surface area contributed by atoms with Crippen LogP contribution in [0.4, 0.5) is 0 Å². The molecule has 4 nitrogen and oxygen atoms in total. The summed E-state index contributed by atoms with van der Waals surface area (Å²) in [5, 5.41) is 3.12.